The summed E-state index contributed by atoms with van der Waals surface area (Å²) in [6.45, 7) is 0.535. The van der Waals surface area contributed by atoms with Crippen LogP contribution in [0.3, 0.4) is 0 Å². The molecule has 0 aliphatic carbocycles. The molecule has 0 bridgehead atoms. The summed E-state index contributed by atoms with van der Waals surface area (Å²) in [4.78, 5) is 24.9. The van der Waals surface area contributed by atoms with Crippen molar-refractivity contribution in [3.8, 4) is 10.6 Å². The zero-order valence-corrected chi connectivity index (χ0v) is 18.5. The number of aromatic nitrogens is 2. The zero-order valence-electron chi connectivity index (χ0n) is 16.9. The predicted molar refractivity (Wildman–Crippen MR) is 113 cm³/mol. The number of amides is 2. The minimum absolute atomic E-state index is 0.114. The van der Waals surface area contributed by atoms with Gasteiger partial charge >= 0.3 is 0 Å². The molecule has 0 saturated carbocycles. The fraction of sp³-hybridized carbons (Fsp3) is 0.500. The Morgan fingerprint density at radius 2 is 1.84 bits per heavy atom. The molecule has 2 fully saturated rings. The van der Waals surface area contributed by atoms with Gasteiger partial charge in [0.25, 0.3) is 0 Å². The molecule has 2 aromatic rings. The first-order valence-corrected chi connectivity index (χ1v) is 12.7. The Balaban J connectivity index is 1.43. The van der Waals surface area contributed by atoms with Crippen LogP contribution in [0, 0.1) is 5.82 Å². The average Bonchev–Trinajstić information content (AvgIpc) is 3.24. The monoisotopic (exact) mass is 466 g/mol. The molecule has 2 amide bonds. The van der Waals surface area contributed by atoms with E-state index in [0.29, 0.717) is 35.0 Å². The van der Waals surface area contributed by atoms with E-state index in [1.165, 1.54) is 21.7 Å². The van der Waals surface area contributed by atoms with Crippen molar-refractivity contribution in [3.05, 3.63) is 35.1 Å². The standard InChI is InChI=1S/C20H23FN4O4S2/c21-16-7-2-1-6-15(16)20-23-22-19(30-20)14-5-4-10-24(13-14)31(28,29)12-11-25-17(26)8-3-9-18(25)27/h1-2,6-7,14H,3-5,8-13H2. The van der Waals surface area contributed by atoms with E-state index in [1.54, 1.807) is 18.2 Å². The van der Waals surface area contributed by atoms with E-state index in [1.807, 2.05) is 0 Å². The second-order valence-corrected chi connectivity index (χ2v) is 10.8. The third-order valence-corrected chi connectivity index (χ3v) is 8.56. The van der Waals surface area contributed by atoms with Crippen molar-refractivity contribution >= 4 is 33.2 Å². The maximum Gasteiger partial charge on any atom is 0.229 e. The summed E-state index contributed by atoms with van der Waals surface area (Å²) in [5.74, 6) is -1.40. The van der Waals surface area contributed by atoms with E-state index < -0.39 is 10.0 Å². The number of hydrogen-bond acceptors (Lipinski definition) is 7. The van der Waals surface area contributed by atoms with Crippen molar-refractivity contribution in [2.24, 2.45) is 0 Å². The molecule has 2 saturated heterocycles. The molecule has 3 heterocycles. The van der Waals surface area contributed by atoms with Gasteiger partial charge in [0.1, 0.15) is 10.8 Å². The summed E-state index contributed by atoms with van der Waals surface area (Å²) in [5.41, 5.74) is 0.377. The highest BCUT2D eigenvalue weighted by Crippen LogP contribution is 2.34. The second-order valence-electron chi connectivity index (χ2n) is 7.73. The number of rotatable bonds is 6. The number of halogens is 1. The number of carbonyl (C=O) groups excluding carboxylic acids is 2. The number of sulfonamides is 1. The first kappa shape index (κ1) is 22.0. The lowest BCUT2D eigenvalue weighted by atomic mass is 10.0. The molecule has 11 heteroatoms. The third kappa shape index (κ3) is 4.83. The number of likely N-dealkylation sites (tertiary alicyclic amines) is 1. The highest BCUT2D eigenvalue weighted by molar-refractivity contribution is 7.89. The normalized spacial score (nSPS) is 20.9. The van der Waals surface area contributed by atoms with Crippen molar-refractivity contribution in [2.45, 2.75) is 38.0 Å². The Labute approximate surface area is 184 Å². The van der Waals surface area contributed by atoms with Crippen LogP contribution >= 0.6 is 11.3 Å². The summed E-state index contributed by atoms with van der Waals surface area (Å²) >= 11 is 1.27. The van der Waals surface area contributed by atoms with Gasteiger partial charge in [0.2, 0.25) is 21.8 Å². The first-order valence-electron chi connectivity index (χ1n) is 10.2. The van der Waals surface area contributed by atoms with Gasteiger partial charge in [0.05, 0.1) is 5.75 Å². The molecule has 1 aromatic carbocycles. The lowest BCUT2D eigenvalue weighted by Crippen LogP contribution is -2.46. The van der Waals surface area contributed by atoms with Crippen molar-refractivity contribution in [1.82, 2.24) is 19.4 Å². The Bertz CT molecular complexity index is 1070. The molecule has 1 unspecified atom stereocenters. The molecule has 4 rings (SSSR count). The van der Waals surface area contributed by atoms with Crippen LogP contribution in [0.15, 0.2) is 24.3 Å². The molecule has 166 valence electrons. The lowest BCUT2D eigenvalue weighted by molar-refractivity contribution is -0.147. The number of nitrogens with zero attached hydrogens (tertiary/aromatic N) is 4. The van der Waals surface area contributed by atoms with Gasteiger partial charge in [-0.1, -0.05) is 23.5 Å². The van der Waals surface area contributed by atoms with Crippen LogP contribution < -0.4 is 0 Å². The Hall–Kier alpha value is -2.24. The van der Waals surface area contributed by atoms with Gasteiger partial charge in [-0.05, 0) is 31.4 Å². The number of carbonyl (C=O) groups is 2. The average molecular weight is 467 g/mol. The number of benzene rings is 1. The Morgan fingerprint density at radius 1 is 1.10 bits per heavy atom. The van der Waals surface area contributed by atoms with Gasteiger partial charge in [-0.25, -0.2) is 17.1 Å². The molecule has 31 heavy (non-hydrogen) atoms. The van der Waals surface area contributed by atoms with Gasteiger partial charge < -0.3 is 0 Å². The van der Waals surface area contributed by atoms with Gasteiger partial charge in [-0.15, -0.1) is 10.2 Å². The summed E-state index contributed by atoms with van der Waals surface area (Å²) < 4.78 is 41.2. The number of hydrogen-bond donors (Lipinski definition) is 0. The molecule has 2 aliphatic rings. The van der Waals surface area contributed by atoms with Crippen LogP contribution in [-0.2, 0) is 19.6 Å². The minimum Gasteiger partial charge on any atom is -0.282 e. The third-order valence-electron chi connectivity index (χ3n) is 5.63. The summed E-state index contributed by atoms with van der Waals surface area (Å²) in [5, 5.41) is 9.45. The molecule has 0 N–H and O–H groups in total. The second kappa shape index (κ2) is 9.09. The fourth-order valence-corrected chi connectivity index (χ4v) is 6.41. The van der Waals surface area contributed by atoms with Gasteiger partial charge in [-0.3, -0.25) is 14.5 Å². The molecular formula is C20H23FN4O4S2. The quantitative estimate of drug-likeness (QED) is 0.606. The van der Waals surface area contributed by atoms with Crippen molar-refractivity contribution in [2.75, 3.05) is 25.4 Å². The van der Waals surface area contributed by atoms with Crippen molar-refractivity contribution in [3.63, 3.8) is 0 Å². The highest BCUT2D eigenvalue weighted by Gasteiger charge is 2.33. The van der Waals surface area contributed by atoms with Gasteiger partial charge in [-0.2, -0.15) is 0 Å². The molecule has 1 aromatic heterocycles. The Morgan fingerprint density at radius 3 is 2.58 bits per heavy atom. The van der Waals surface area contributed by atoms with E-state index in [2.05, 4.69) is 10.2 Å². The number of piperidine rings is 2. The minimum atomic E-state index is -3.64. The maximum atomic E-state index is 14.0. The summed E-state index contributed by atoms with van der Waals surface area (Å²) in [6, 6.07) is 6.34. The first-order chi connectivity index (χ1) is 14.8. The fourth-order valence-electron chi connectivity index (χ4n) is 3.92. The molecule has 1 atom stereocenters. The molecule has 0 spiro atoms. The van der Waals surface area contributed by atoms with Crippen LogP contribution in [0.2, 0.25) is 0 Å². The van der Waals surface area contributed by atoms with Crippen LogP contribution in [0.25, 0.3) is 10.6 Å². The molecular weight excluding hydrogens is 443 g/mol. The van der Waals surface area contributed by atoms with Crippen molar-refractivity contribution < 1.29 is 22.4 Å². The summed E-state index contributed by atoms with van der Waals surface area (Å²) in [7, 11) is -3.64. The van der Waals surface area contributed by atoms with Gasteiger partial charge in [0.15, 0.2) is 5.01 Å². The highest BCUT2D eigenvalue weighted by atomic mass is 32.2. The number of imide groups is 1. The lowest BCUT2D eigenvalue weighted by Gasteiger charge is -2.32. The SMILES string of the molecule is O=C1CCCC(=O)N1CCS(=O)(=O)N1CCCC(c2nnc(-c3ccccc3F)s2)C1. The van der Waals surface area contributed by atoms with E-state index in [9.17, 15) is 22.4 Å². The molecule has 0 radical (unpaired) electrons. The van der Waals surface area contributed by atoms with Crippen molar-refractivity contribution in [1.29, 1.82) is 0 Å². The summed E-state index contributed by atoms with van der Waals surface area (Å²) in [6.07, 6.45) is 2.50. The van der Waals surface area contributed by atoms with E-state index >= 15 is 0 Å². The predicted octanol–water partition coefficient (Wildman–Crippen LogP) is 2.39. The zero-order chi connectivity index (χ0) is 22.0. The van der Waals surface area contributed by atoms with E-state index in [0.717, 1.165) is 11.3 Å². The Kier molecular flexibility index (Phi) is 6.44. The maximum absolute atomic E-state index is 14.0. The van der Waals surface area contributed by atoms with Crippen LogP contribution in [0.5, 0.6) is 0 Å². The molecule has 8 nitrogen and oxygen atoms in total. The smallest absolute Gasteiger partial charge is 0.229 e. The largest absolute Gasteiger partial charge is 0.282 e. The van der Waals surface area contributed by atoms with E-state index in [4.69, 9.17) is 0 Å². The topological polar surface area (TPSA) is 101 Å². The van der Waals surface area contributed by atoms with Crippen LogP contribution in [0.4, 0.5) is 4.39 Å². The van der Waals surface area contributed by atoms with Gasteiger partial charge in [0, 0.05) is 44.0 Å². The molecule has 2 aliphatic heterocycles. The van der Waals surface area contributed by atoms with E-state index in [-0.39, 0.29) is 55.2 Å². The van der Waals surface area contributed by atoms with Crippen LogP contribution in [0.1, 0.15) is 43.0 Å². The van der Waals surface area contributed by atoms with Crippen LogP contribution in [-0.4, -0.2) is 65.0 Å².